The number of piperidine rings is 1. The quantitative estimate of drug-likeness (QED) is 0.759. The highest BCUT2D eigenvalue weighted by Crippen LogP contribution is 2.30. The Hall–Kier alpha value is -1.08. The first kappa shape index (κ1) is 15.0. The van der Waals surface area contributed by atoms with E-state index in [1.807, 2.05) is 13.8 Å². The smallest absolute Gasteiger partial charge is 0.237 e. The van der Waals surface area contributed by atoms with E-state index in [0.717, 1.165) is 45.3 Å². The molecule has 102 valence electrons. The Morgan fingerprint density at radius 1 is 1.50 bits per heavy atom. The van der Waals surface area contributed by atoms with E-state index in [0.29, 0.717) is 0 Å². The molecule has 0 radical (unpaired) electrons. The summed E-state index contributed by atoms with van der Waals surface area (Å²) in [6.45, 7) is 8.53. The fraction of sp³-hybridized carbons (Fsp3) is 0.857. The number of nitrogens with one attached hydrogen (secondary N) is 1. The van der Waals surface area contributed by atoms with Crippen molar-refractivity contribution in [3.63, 3.8) is 0 Å². The minimum atomic E-state index is -0.199. The van der Waals surface area contributed by atoms with Crippen molar-refractivity contribution >= 4 is 5.91 Å². The van der Waals surface area contributed by atoms with Crippen LogP contribution in [0.15, 0.2) is 0 Å². The van der Waals surface area contributed by atoms with E-state index in [2.05, 4.69) is 23.2 Å². The van der Waals surface area contributed by atoms with E-state index in [-0.39, 0.29) is 17.4 Å². The monoisotopic (exact) mass is 251 g/mol. The van der Waals surface area contributed by atoms with Gasteiger partial charge in [-0.15, -0.1) is 0 Å². The zero-order chi connectivity index (χ0) is 13.6. The van der Waals surface area contributed by atoms with Crippen molar-refractivity contribution in [1.29, 1.82) is 5.26 Å². The van der Waals surface area contributed by atoms with Gasteiger partial charge in [-0.2, -0.15) is 5.26 Å². The molecule has 4 nitrogen and oxygen atoms in total. The Morgan fingerprint density at radius 2 is 2.11 bits per heavy atom. The summed E-state index contributed by atoms with van der Waals surface area (Å²) in [7, 11) is 0. The van der Waals surface area contributed by atoms with Crippen LogP contribution in [-0.2, 0) is 4.79 Å². The second-order valence-electron chi connectivity index (χ2n) is 5.53. The van der Waals surface area contributed by atoms with Gasteiger partial charge in [0.2, 0.25) is 5.91 Å². The normalized spacial score (nSPS) is 21.0. The van der Waals surface area contributed by atoms with Crippen molar-refractivity contribution in [3.05, 3.63) is 0 Å². The maximum Gasteiger partial charge on any atom is 0.237 e. The number of carbonyl (C=O) groups is 1. The van der Waals surface area contributed by atoms with Gasteiger partial charge in [0.1, 0.15) is 0 Å². The Balaban J connectivity index is 2.38. The first-order valence-electron chi connectivity index (χ1n) is 6.95. The maximum absolute atomic E-state index is 11.9. The molecule has 0 aromatic carbocycles. The summed E-state index contributed by atoms with van der Waals surface area (Å²) in [6, 6.07) is 2.31. The molecule has 1 fully saturated rings. The highest BCUT2D eigenvalue weighted by Gasteiger charge is 2.33. The first-order valence-corrected chi connectivity index (χ1v) is 6.95. The molecule has 1 saturated heterocycles. The molecule has 1 heterocycles. The Labute approximate surface area is 110 Å². The van der Waals surface area contributed by atoms with Crippen LogP contribution in [0.5, 0.6) is 0 Å². The number of hydrogen-bond acceptors (Lipinski definition) is 3. The van der Waals surface area contributed by atoms with Crippen molar-refractivity contribution in [2.24, 2.45) is 5.41 Å². The second-order valence-corrected chi connectivity index (χ2v) is 5.53. The average molecular weight is 251 g/mol. The minimum Gasteiger partial charge on any atom is -0.355 e. The molecule has 1 unspecified atom stereocenters. The topological polar surface area (TPSA) is 56.1 Å². The van der Waals surface area contributed by atoms with Gasteiger partial charge >= 0.3 is 0 Å². The molecule has 0 spiro atoms. The summed E-state index contributed by atoms with van der Waals surface area (Å²) >= 11 is 0. The molecule has 1 aliphatic heterocycles. The zero-order valence-corrected chi connectivity index (χ0v) is 11.8. The van der Waals surface area contributed by atoms with Crippen LogP contribution in [0.25, 0.3) is 0 Å². The maximum atomic E-state index is 11.9. The third-order valence-corrected chi connectivity index (χ3v) is 3.93. The molecule has 0 bridgehead atoms. The van der Waals surface area contributed by atoms with Gasteiger partial charge in [-0.05, 0) is 33.1 Å². The highest BCUT2D eigenvalue weighted by molar-refractivity contribution is 5.81. The van der Waals surface area contributed by atoms with Crippen LogP contribution >= 0.6 is 0 Å². The number of hydrogen-bond donors (Lipinski definition) is 1. The number of nitrogens with zero attached hydrogens (tertiary/aromatic N) is 2. The third kappa shape index (κ3) is 3.99. The lowest BCUT2D eigenvalue weighted by atomic mass is 9.81. The summed E-state index contributed by atoms with van der Waals surface area (Å²) in [5, 5.41) is 12.0. The van der Waals surface area contributed by atoms with Crippen molar-refractivity contribution in [2.45, 2.75) is 52.5 Å². The molecular weight excluding hydrogens is 226 g/mol. The SMILES string of the molecule is CCCCNC(=O)C(C)N1CCC(C)(C#N)CC1. The molecule has 18 heavy (non-hydrogen) atoms. The lowest BCUT2D eigenvalue weighted by molar-refractivity contribution is -0.126. The van der Waals surface area contributed by atoms with Crippen molar-refractivity contribution < 1.29 is 4.79 Å². The molecule has 0 aromatic rings. The predicted octanol–water partition coefficient (Wildman–Crippen LogP) is 1.92. The van der Waals surface area contributed by atoms with Crippen molar-refractivity contribution in [1.82, 2.24) is 10.2 Å². The second kappa shape index (κ2) is 6.75. The predicted molar refractivity (Wildman–Crippen MR) is 71.9 cm³/mol. The van der Waals surface area contributed by atoms with Crippen molar-refractivity contribution in [3.8, 4) is 6.07 Å². The summed E-state index contributed by atoms with van der Waals surface area (Å²) < 4.78 is 0. The Morgan fingerprint density at radius 3 is 2.61 bits per heavy atom. The average Bonchev–Trinajstić information content (AvgIpc) is 2.39. The lowest BCUT2D eigenvalue weighted by Gasteiger charge is -2.37. The van der Waals surface area contributed by atoms with Gasteiger partial charge in [0.25, 0.3) is 0 Å². The summed E-state index contributed by atoms with van der Waals surface area (Å²) in [5.41, 5.74) is -0.199. The Bertz CT molecular complexity index is 313. The van der Waals surface area contributed by atoms with Gasteiger partial charge in [-0.25, -0.2) is 0 Å². The van der Waals surface area contributed by atoms with E-state index < -0.39 is 0 Å². The van der Waals surface area contributed by atoms with Crippen LogP contribution < -0.4 is 5.32 Å². The summed E-state index contributed by atoms with van der Waals surface area (Å²) in [5.74, 6) is 0.115. The Kier molecular flexibility index (Phi) is 5.61. The van der Waals surface area contributed by atoms with E-state index in [1.165, 1.54) is 0 Å². The fourth-order valence-electron chi connectivity index (χ4n) is 2.22. The first-order chi connectivity index (χ1) is 8.52. The number of likely N-dealkylation sites (tertiary alicyclic amines) is 1. The van der Waals surface area contributed by atoms with Gasteiger partial charge in [-0.3, -0.25) is 9.69 Å². The van der Waals surface area contributed by atoms with Gasteiger partial charge in [0.15, 0.2) is 0 Å². The van der Waals surface area contributed by atoms with E-state index in [4.69, 9.17) is 5.26 Å². The van der Waals surface area contributed by atoms with E-state index in [9.17, 15) is 4.79 Å². The number of nitriles is 1. The number of carbonyl (C=O) groups excluding carboxylic acids is 1. The van der Waals surface area contributed by atoms with Gasteiger partial charge in [0, 0.05) is 19.6 Å². The summed E-state index contributed by atoms with van der Waals surface area (Å²) in [4.78, 5) is 14.1. The number of rotatable bonds is 5. The number of unbranched alkanes of at least 4 members (excludes halogenated alkanes) is 1. The number of amides is 1. The van der Waals surface area contributed by atoms with Gasteiger partial charge in [0.05, 0.1) is 17.5 Å². The third-order valence-electron chi connectivity index (χ3n) is 3.93. The van der Waals surface area contributed by atoms with Gasteiger partial charge in [-0.1, -0.05) is 13.3 Å². The fourth-order valence-corrected chi connectivity index (χ4v) is 2.22. The van der Waals surface area contributed by atoms with Crippen LogP contribution in [0.4, 0.5) is 0 Å². The van der Waals surface area contributed by atoms with Crippen LogP contribution in [0, 0.1) is 16.7 Å². The molecule has 4 heteroatoms. The molecule has 1 N–H and O–H groups in total. The zero-order valence-electron chi connectivity index (χ0n) is 11.8. The lowest BCUT2D eigenvalue weighted by Crippen LogP contribution is -2.49. The molecule has 0 aromatic heterocycles. The largest absolute Gasteiger partial charge is 0.355 e. The molecule has 1 rings (SSSR count). The molecule has 0 saturated carbocycles. The van der Waals surface area contributed by atoms with Crippen LogP contribution in [0.3, 0.4) is 0 Å². The molecule has 1 aliphatic rings. The van der Waals surface area contributed by atoms with Gasteiger partial charge < -0.3 is 5.32 Å². The molecule has 1 amide bonds. The van der Waals surface area contributed by atoms with E-state index >= 15 is 0 Å². The standard InChI is InChI=1S/C14H25N3O/c1-4-5-8-16-13(18)12(2)17-9-6-14(3,11-15)7-10-17/h12H,4-10H2,1-3H3,(H,16,18). The molecule has 1 atom stereocenters. The van der Waals surface area contributed by atoms with E-state index in [1.54, 1.807) is 0 Å². The molecule has 0 aliphatic carbocycles. The van der Waals surface area contributed by atoms with Crippen LogP contribution in [-0.4, -0.2) is 36.5 Å². The molecular formula is C14H25N3O. The van der Waals surface area contributed by atoms with Crippen molar-refractivity contribution in [2.75, 3.05) is 19.6 Å². The highest BCUT2D eigenvalue weighted by atomic mass is 16.2. The minimum absolute atomic E-state index is 0.0786. The van der Waals surface area contributed by atoms with Crippen LogP contribution in [0.2, 0.25) is 0 Å². The summed E-state index contributed by atoms with van der Waals surface area (Å²) in [6.07, 6.45) is 3.84. The van der Waals surface area contributed by atoms with Crippen LogP contribution in [0.1, 0.15) is 46.5 Å².